The Hall–Kier alpha value is -1.93. The number of nitrogens with one attached hydrogen (secondary N) is 3. The summed E-state index contributed by atoms with van der Waals surface area (Å²) in [7, 11) is 0. The SMILES string of the molecule is CCNc1nc(NCC(C)O)nc2c(NCC)nc(Cl)nc12. The van der Waals surface area contributed by atoms with Gasteiger partial charge in [0, 0.05) is 19.6 Å². The minimum Gasteiger partial charge on any atom is -0.392 e. The lowest BCUT2D eigenvalue weighted by molar-refractivity contribution is 0.208. The minimum atomic E-state index is -0.503. The number of halogens is 1. The summed E-state index contributed by atoms with van der Waals surface area (Å²) in [5, 5.41) is 18.8. The number of nitrogens with zero attached hydrogens (tertiary/aromatic N) is 4. The summed E-state index contributed by atoms with van der Waals surface area (Å²) in [5.74, 6) is 1.53. The lowest BCUT2D eigenvalue weighted by Gasteiger charge is -2.13. The molecule has 0 aromatic carbocycles. The zero-order valence-corrected chi connectivity index (χ0v) is 13.6. The third-order valence-electron chi connectivity index (χ3n) is 2.76. The second-order valence-corrected chi connectivity index (χ2v) is 5.06. The summed E-state index contributed by atoms with van der Waals surface area (Å²) in [4.78, 5) is 17.2. The number of aliphatic hydroxyl groups is 1. The number of hydrogen-bond donors (Lipinski definition) is 4. The van der Waals surface area contributed by atoms with Crippen LogP contribution in [0, 0.1) is 0 Å². The molecule has 4 N–H and O–H groups in total. The quantitative estimate of drug-likeness (QED) is 0.570. The maximum Gasteiger partial charge on any atom is 0.225 e. The van der Waals surface area contributed by atoms with Crippen molar-refractivity contribution < 1.29 is 5.11 Å². The highest BCUT2D eigenvalue weighted by atomic mass is 35.5. The van der Waals surface area contributed by atoms with Crippen molar-refractivity contribution in [1.29, 1.82) is 0 Å². The molecule has 0 aliphatic rings. The molecular formula is C13H20ClN7O. The second-order valence-electron chi connectivity index (χ2n) is 4.72. The number of anilines is 3. The fourth-order valence-corrected chi connectivity index (χ4v) is 2.06. The van der Waals surface area contributed by atoms with Gasteiger partial charge in [-0.25, -0.2) is 9.97 Å². The molecule has 0 radical (unpaired) electrons. The Kier molecular flexibility index (Phi) is 5.51. The fraction of sp³-hybridized carbons (Fsp3) is 0.538. The summed E-state index contributed by atoms with van der Waals surface area (Å²) < 4.78 is 0. The number of fused-ring (bicyclic) bond motifs is 1. The van der Waals surface area contributed by atoms with E-state index in [1.54, 1.807) is 6.92 Å². The van der Waals surface area contributed by atoms with Gasteiger partial charge in [0.25, 0.3) is 0 Å². The van der Waals surface area contributed by atoms with Crippen LogP contribution in [-0.2, 0) is 0 Å². The largest absolute Gasteiger partial charge is 0.392 e. The molecule has 2 rings (SSSR count). The van der Waals surface area contributed by atoms with Gasteiger partial charge in [0.1, 0.15) is 11.0 Å². The molecule has 0 saturated heterocycles. The second kappa shape index (κ2) is 7.37. The molecule has 2 aromatic rings. The lowest BCUT2D eigenvalue weighted by Crippen LogP contribution is -2.18. The summed E-state index contributed by atoms with van der Waals surface area (Å²) >= 11 is 5.98. The van der Waals surface area contributed by atoms with E-state index in [4.69, 9.17) is 11.6 Å². The molecule has 0 aliphatic heterocycles. The summed E-state index contributed by atoms with van der Waals surface area (Å²) in [6.45, 7) is 7.32. The van der Waals surface area contributed by atoms with Crippen LogP contribution in [0.1, 0.15) is 20.8 Å². The lowest BCUT2D eigenvalue weighted by atomic mass is 10.3. The van der Waals surface area contributed by atoms with Gasteiger partial charge in [-0.1, -0.05) is 0 Å². The van der Waals surface area contributed by atoms with Crippen LogP contribution in [0.3, 0.4) is 0 Å². The monoisotopic (exact) mass is 325 g/mol. The van der Waals surface area contributed by atoms with E-state index < -0.39 is 6.10 Å². The molecular weight excluding hydrogens is 306 g/mol. The first-order valence-electron chi connectivity index (χ1n) is 7.20. The number of rotatable bonds is 7. The molecule has 0 saturated carbocycles. The summed E-state index contributed by atoms with van der Waals surface area (Å²) in [5.41, 5.74) is 1.13. The maximum absolute atomic E-state index is 9.39. The van der Waals surface area contributed by atoms with Gasteiger partial charge in [-0.15, -0.1) is 0 Å². The van der Waals surface area contributed by atoms with Crippen LogP contribution in [0.15, 0.2) is 0 Å². The van der Waals surface area contributed by atoms with E-state index in [1.165, 1.54) is 0 Å². The molecule has 0 amide bonds. The smallest absolute Gasteiger partial charge is 0.225 e. The van der Waals surface area contributed by atoms with Gasteiger partial charge in [0.05, 0.1) is 6.10 Å². The average Bonchev–Trinajstić information content (AvgIpc) is 2.46. The van der Waals surface area contributed by atoms with Crippen molar-refractivity contribution in [1.82, 2.24) is 19.9 Å². The molecule has 0 spiro atoms. The Morgan fingerprint density at radius 1 is 0.955 bits per heavy atom. The molecule has 8 nitrogen and oxygen atoms in total. The van der Waals surface area contributed by atoms with E-state index in [-0.39, 0.29) is 5.28 Å². The molecule has 2 heterocycles. The predicted octanol–water partition coefficient (Wildman–Crippen LogP) is 1.73. The van der Waals surface area contributed by atoms with Gasteiger partial charge in [0.2, 0.25) is 11.2 Å². The molecule has 22 heavy (non-hydrogen) atoms. The Morgan fingerprint density at radius 3 is 2.14 bits per heavy atom. The number of aromatic nitrogens is 4. The Labute approximate surface area is 133 Å². The van der Waals surface area contributed by atoms with Crippen molar-refractivity contribution in [2.45, 2.75) is 26.9 Å². The minimum absolute atomic E-state index is 0.135. The standard InChI is InChI=1S/C13H20ClN7O/c1-4-15-10-9-8(18-12(14)20-10)11(16-5-2)21-13(19-9)17-6-7(3)22/h7,22H,4-6H2,1-3H3,(H,15,18,20)(H2,16,17,19,21). The van der Waals surface area contributed by atoms with E-state index in [0.717, 1.165) is 0 Å². The van der Waals surface area contributed by atoms with Crippen molar-refractivity contribution in [2.24, 2.45) is 0 Å². The van der Waals surface area contributed by atoms with Gasteiger partial charge in [-0.3, -0.25) is 0 Å². The molecule has 1 atom stereocenters. The van der Waals surface area contributed by atoms with Crippen LogP contribution >= 0.6 is 11.6 Å². The Morgan fingerprint density at radius 2 is 1.55 bits per heavy atom. The highest BCUT2D eigenvalue weighted by Crippen LogP contribution is 2.26. The number of hydrogen-bond acceptors (Lipinski definition) is 8. The maximum atomic E-state index is 9.39. The first-order valence-corrected chi connectivity index (χ1v) is 7.57. The van der Waals surface area contributed by atoms with Gasteiger partial charge in [-0.2, -0.15) is 9.97 Å². The van der Waals surface area contributed by atoms with Crippen LogP contribution in [-0.4, -0.2) is 50.8 Å². The van der Waals surface area contributed by atoms with E-state index >= 15 is 0 Å². The first kappa shape index (κ1) is 16.4. The van der Waals surface area contributed by atoms with Crippen LogP contribution in [0.4, 0.5) is 17.6 Å². The zero-order valence-electron chi connectivity index (χ0n) is 12.8. The first-order chi connectivity index (χ1) is 10.5. The summed E-state index contributed by atoms with van der Waals surface area (Å²) in [6.07, 6.45) is -0.503. The summed E-state index contributed by atoms with van der Waals surface area (Å²) in [6, 6.07) is 0. The topological polar surface area (TPSA) is 108 Å². The molecule has 9 heteroatoms. The number of aliphatic hydroxyl groups excluding tert-OH is 1. The van der Waals surface area contributed by atoms with Crippen molar-refractivity contribution in [3.8, 4) is 0 Å². The molecule has 0 aliphatic carbocycles. The Balaban J connectivity index is 2.55. The van der Waals surface area contributed by atoms with Crippen molar-refractivity contribution >= 4 is 40.2 Å². The van der Waals surface area contributed by atoms with E-state index in [2.05, 4.69) is 35.9 Å². The molecule has 1 unspecified atom stereocenters. The molecule has 0 fully saturated rings. The van der Waals surface area contributed by atoms with Crippen molar-refractivity contribution in [2.75, 3.05) is 35.6 Å². The fourth-order valence-electron chi connectivity index (χ4n) is 1.89. The van der Waals surface area contributed by atoms with Crippen LogP contribution in [0.2, 0.25) is 5.28 Å². The van der Waals surface area contributed by atoms with Gasteiger partial charge in [-0.05, 0) is 32.4 Å². The normalized spacial score (nSPS) is 12.2. The molecule has 0 bridgehead atoms. The van der Waals surface area contributed by atoms with Gasteiger partial charge in [0.15, 0.2) is 11.6 Å². The van der Waals surface area contributed by atoms with Crippen molar-refractivity contribution in [3.05, 3.63) is 5.28 Å². The van der Waals surface area contributed by atoms with Crippen molar-refractivity contribution in [3.63, 3.8) is 0 Å². The molecule has 2 aromatic heterocycles. The predicted molar refractivity (Wildman–Crippen MR) is 88.6 cm³/mol. The van der Waals surface area contributed by atoms with Gasteiger partial charge >= 0.3 is 0 Å². The van der Waals surface area contributed by atoms with E-state index in [0.29, 0.717) is 48.3 Å². The average molecular weight is 326 g/mol. The van der Waals surface area contributed by atoms with Crippen LogP contribution < -0.4 is 16.0 Å². The van der Waals surface area contributed by atoms with E-state index in [9.17, 15) is 5.11 Å². The highest BCUT2D eigenvalue weighted by Gasteiger charge is 2.15. The van der Waals surface area contributed by atoms with E-state index in [1.807, 2.05) is 13.8 Å². The zero-order chi connectivity index (χ0) is 16.1. The third-order valence-corrected chi connectivity index (χ3v) is 2.93. The highest BCUT2D eigenvalue weighted by molar-refractivity contribution is 6.29. The van der Waals surface area contributed by atoms with Crippen LogP contribution in [0.25, 0.3) is 11.0 Å². The Bertz CT molecular complexity index is 650. The van der Waals surface area contributed by atoms with Crippen LogP contribution in [0.5, 0.6) is 0 Å². The van der Waals surface area contributed by atoms with Gasteiger partial charge < -0.3 is 21.1 Å². The third kappa shape index (κ3) is 3.83. The molecule has 120 valence electrons.